The largest absolute Gasteiger partial charge is 0.508 e. The Morgan fingerprint density at radius 3 is 2.44 bits per heavy atom. The van der Waals surface area contributed by atoms with E-state index >= 15 is 4.39 Å². The van der Waals surface area contributed by atoms with Gasteiger partial charge in [-0.2, -0.15) is 9.97 Å². The molecular weight excluding hydrogens is 888 g/mol. The summed E-state index contributed by atoms with van der Waals surface area (Å²) in [4.78, 5) is 63.3. The number of ether oxygens (including phenoxy) is 1. The van der Waals surface area contributed by atoms with Crippen LogP contribution >= 0.6 is 0 Å². The molecule has 2 bridgehead atoms. The van der Waals surface area contributed by atoms with Crippen LogP contribution in [0.5, 0.6) is 11.8 Å². The molecule has 12 rings (SSSR count). The summed E-state index contributed by atoms with van der Waals surface area (Å²) in [5, 5.41) is 18.7. The van der Waals surface area contributed by atoms with Crippen molar-refractivity contribution in [2.75, 3.05) is 81.9 Å². The van der Waals surface area contributed by atoms with Crippen molar-refractivity contribution in [3.63, 3.8) is 0 Å². The van der Waals surface area contributed by atoms with Crippen LogP contribution in [-0.4, -0.2) is 143 Å². The number of halogens is 1. The third kappa shape index (κ3) is 8.55. The van der Waals surface area contributed by atoms with Gasteiger partial charge in [-0.05, 0) is 124 Å². The number of hydrogen-bond donors (Lipinski definition) is 3. The zero-order valence-electron chi connectivity index (χ0n) is 39.5. The summed E-state index contributed by atoms with van der Waals surface area (Å²) in [5.74, 6) is 2.63. The van der Waals surface area contributed by atoms with Crippen molar-refractivity contribution in [2.24, 2.45) is 11.3 Å². The van der Waals surface area contributed by atoms with E-state index in [1.807, 2.05) is 24.3 Å². The molecule has 16 heteroatoms. The summed E-state index contributed by atoms with van der Waals surface area (Å²) < 4.78 is 23.7. The number of anilines is 2. The van der Waals surface area contributed by atoms with E-state index < -0.39 is 11.9 Å². The van der Waals surface area contributed by atoms with Gasteiger partial charge in [0.15, 0.2) is 5.82 Å². The third-order valence-corrected chi connectivity index (χ3v) is 16.4. The number of likely N-dealkylation sites (tertiary alicyclic amines) is 1. The first-order valence-electron chi connectivity index (χ1n) is 25.3. The van der Waals surface area contributed by atoms with Gasteiger partial charge in [-0.3, -0.25) is 29.6 Å². The Labute approximate surface area is 406 Å². The lowest BCUT2D eigenvalue weighted by atomic mass is 9.92. The number of phenols is 1. The van der Waals surface area contributed by atoms with Crippen LogP contribution in [0.3, 0.4) is 0 Å². The number of carbonyl (C=O) groups excluding carboxylic acids is 3. The Morgan fingerprint density at radius 1 is 0.886 bits per heavy atom. The molecule has 1 saturated carbocycles. The predicted octanol–water partition coefficient (Wildman–Crippen LogP) is 5.46. The summed E-state index contributed by atoms with van der Waals surface area (Å²) >= 11 is 0. The fourth-order valence-corrected chi connectivity index (χ4v) is 12.2. The molecule has 8 heterocycles. The zero-order valence-corrected chi connectivity index (χ0v) is 39.5. The molecule has 2 aromatic heterocycles. The molecule has 5 saturated heterocycles. The molecule has 3 N–H and O–H groups in total. The van der Waals surface area contributed by atoms with E-state index in [0.29, 0.717) is 76.2 Å². The Balaban J connectivity index is 0.660. The van der Waals surface area contributed by atoms with Crippen LogP contribution < -0.4 is 25.2 Å². The predicted molar refractivity (Wildman–Crippen MR) is 264 cm³/mol. The number of rotatable bonds is 12. The van der Waals surface area contributed by atoms with Gasteiger partial charge in [0, 0.05) is 110 Å². The average Bonchev–Trinajstić information content (AvgIpc) is 3.95. The van der Waals surface area contributed by atoms with Crippen LogP contribution in [0.15, 0.2) is 54.7 Å². The van der Waals surface area contributed by atoms with Crippen molar-refractivity contribution >= 4 is 50.9 Å². The second-order valence-electron chi connectivity index (χ2n) is 21.0. The fraction of sp³-hybridized carbons (Fsp3) is 0.481. The first kappa shape index (κ1) is 44.8. The van der Waals surface area contributed by atoms with Crippen molar-refractivity contribution in [3.05, 3.63) is 77.2 Å². The number of phenolic OH excluding ortho intramolecular Hbond substituents is 1. The van der Waals surface area contributed by atoms with Crippen molar-refractivity contribution in [1.29, 1.82) is 0 Å². The van der Waals surface area contributed by atoms with Crippen molar-refractivity contribution in [3.8, 4) is 35.4 Å². The summed E-state index contributed by atoms with van der Waals surface area (Å²) in [5.41, 5.74) is 3.90. The molecule has 3 aromatic carbocycles. The van der Waals surface area contributed by atoms with Gasteiger partial charge in [0.25, 0.3) is 5.91 Å². The minimum Gasteiger partial charge on any atom is -0.508 e. The molecule has 7 aliphatic rings. The van der Waals surface area contributed by atoms with E-state index in [4.69, 9.17) is 21.1 Å². The Kier molecular flexibility index (Phi) is 11.6. The maximum Gasteiger partial charge on any atom is 0.319 e. The maximum absolute atomic E-state index is 17.1. The first-order chi connectivity index (χ1) is 34.1. The number of aromatic hydroxyl groups is 1. The molecule has 362 valence electrons. The molecule has 3 amide bonds. The second-order valence-corrected chi connectivity index (χ2v) is 21.0. The number of nitrogens with one attached hydrogen (secondary N) is 2. The van der Waals surface area contributed by atoms with E-state index in [1.165, 1.54) is 25.3 Å². The van der Waals surface area contributed by atoms with Crippen LogP contribution in [0.2, 0.25) is 0 Å². The minimum absolute atomic E-state index is 0.00843. The zero-order chi connectivity index (χ0) is 47.7. The molecule has 0 radical (unpaired) electrons. The SMILES string of the molecule is C#Cc1cccc2cc(O)cc(-c3ncc4c(N5CC6CCC(C5)N6)nc(OCC5(CN6CCC(CCN7CCN(c8ccc9c(c8)CN([C@H]8CCC(=O)NC8=O)C9=O)CC7)CC6)CC5)nc4c3F)c12. The van der Waals surface area contributed by atoms with Gasteiger partial charge in [-0.15, -0.1) is 6.42 Å². The van der Waals surface area contributed by atoms with E-state index in [0.717, 1.165) is 102 Å². The smallest absolute Gasteiger partial charge is 0.319 e. The molecule has 0 spiro atoms. The lowest BCUT2D eigenvalue weighted by Crippen LogP contribution is -2.52. The normalized spacial score (nSPS) is 23.8. The molecule has 15 nitrogen and oxygen atoms in total. The number of imide groups is 1. The van der Waals surface area contributed by atoms with Crippen LogP contribution in [0.4, 0.5) is 15.9 Å². The van der Waals surface area contributed by atoms with Crippen molar-refractivity contribution in [2.45, 2.75) is 82.5 Å². The van der Waals surface area contributed by atoms with Crippen molar-refractivity contribution < 1.29 is 28.6 Å². The molecule has 6 aliphatic heterocycles. The second kappa shape index (κ2) is 18.1. The highest BCUT2D eigenvalue weighted by Gasteiger charge is 2.46. The van der Waals surface area contributed by atoms with E-state index in [1.54, 1.807) is 23.2 Å². The number of amides is 3. The minimum atomic E-state index is -0.606. The number of aromatic nitrogens is 3. The lowest BCUT2D eigenvalue weighted by molar-refractivity contribution is -0.136. The fourth-order valence-electron chi connectivity index (χ4n) is 12.2. The summed E-state index contributed by atoms with van der Waals surface area (Å²) in [7, 11) is 0. The van der Waals surface area contributed by atoms with Crippen molar-refractivity contribution in [1.82, 2.24) is 40.3 Å². The molecule has 70 heavy (non-hydrogen) atoms. The Hall–Kier alpha value is -6.41. The third-order valence-electron chi connectivity index (χ3n) is 16.4. The van der Waals surface area contributed by atoms with Crippen LogP contribution in [0, 0.1) is 29.5 Å². The standard InChI is InChI=1S/C54H59FN10O5/c1-2-34-4-3-5-35-25-40(66)26-42(46(34)35)48-47(55)49-43(27-56-48)50(64-29-37-6-7-38(30-64)57-37)60-53(59-49)70-32-54(15-16-54)31-62-18-13-33(14-19-62)12-17-61-20-22-63(23-21-61)39-8-9-41-36(24-39)28-65(52(41)69)44-10-11-45(67)58-51(44)68/h1,3-5,8-9,24-27,33,37-38,44,57,66H,6-7,10-23,28-32H2,(H,58,67,68)/t37?,38?,44-/m0/s1. The van der Waals surface area contributed by atoms with E-state index in [-0.39, 0.29) is 52.5 Å². The molecular formula is C54H59FN10O5. The number of benzene rings is 3. The van der Waals surface area contributed by atoms with Crippen LogP contribution in [0.25, 0.3) is 32.9 Å². The van der Waals surface area contributed by atoms with Gasteiger partial charge in [0.1, 0.15) is 28.8 Å². The molecule has 5 aromatic rings. The summed E-state index contributed by atoms with van der Waals surface area (Å²) in [6.45, 7) is 10.4. The quantitative estimate of drug-likeness (QED) is 0.107. The van der Waals surface area contributed by atoms with Gasteiger partial charge in [-0.25, -0.2) is 4.39 Å². The highest BCUT2D eigenvalue weighted by molar-refractivity contribution is 6.06. The number of piperidine rings is 2. The Bertz CT molecular complexity index is 2950. The average molecular weight is 947 g/mol. The molecule has 2 unspecified atom stereocenters. The topological polar surface area (TPSA) is 160 Å². The van der Waals surface area contributed by atoms with Gasteiger partial charge < -0.3 is 34.8 Å². The maximum atomic E-state index is 17.1. The molecule has 1 aliphatic carbocycles. The number of terminal acetylenes is 1. The first-order valence-corrected chi connectivity index (χ1v) is 25.3. The van der Waals surface area contributed by atoms with E-state index in [2.05, 4.69) is 47.2 Å². The highest BCUT2D eigenvalue weighted by atomic mass is 19.1. The van der Waals surface area contributed by atoms with Gasteiger partial charge >= 0.3 is 6.01 Å². The number of nitrogens with zero attached hydrogens (tertiary/aromatic N) is 8. The highest BCUT2D eigenvalue weighted by Crippen LogP contribution is 2.47. The number of hydrogen-bond acceptors (Lipinski definition) is 13. The lowest BCUT2D eigenvalue weighted by Gasteiger charge is -2.38. The number of piperazine rings is 2. The number of pyridine rings is 1. The Morgan fingerprint density at radius 2 is 1.69 bits per heavy atom. The number of carbonyl (C=O) groups is 3. The number of fused-ring (bicyclic) bond motifs is 5. The van der Waals surface area contributed by atoms with Crippen LogP contribution in [0.1, 0.15) is 79.3 Å². The summed E-state index contributed by atoms with van der Waals surface area (Å²) in [6.07, 6.45) is 16.0. The monoisotopic (exact) mass is 946 g/mol. The van der Waals surface area contributed by atoms with Gasteiger partial charge in [0.05, 0.1) is 12.0 Å². The molecule has 3 atom stereocenters. The molecule has 6 fully saturated rings. The van der Waals surface area contributed by atoms with Gasteiger partial charge in [0.2, 0.25) is 11.8 Å². The summed E-state index contributed by atoms with van der Waals surface area (Å²) in [6, 6.07) is 14.9. The van der Waals surface area contributed by atoms with E-state index in [9.17, 15) is 19.5 Å². The van der Waals surface area contributed by atoms with Gasteiger partial charge in [-0.1, -0.05) is 18.1 Å². The van der Waals surface area contributed by atoms with Crippen LogP contribution in [-0.2, 0) is 16.1 Å².